The van der Waals surface area contributed by atoms with Gasteiger partial charge in [0.2, 0.25) is 0 Å². The van der Waals surface area contributed by atoms with Gasteiger partial charge in [0.15, 0.2) is 33.3 Å². The van der Waals surface area contributed by atoms with Crippen LogP contribution in [0.25, 0.3) is 0 Å². The highest BCUT2D eigenvalue weighted by Crippen LogP contribution is 2.42. The lowest BCUT2D eigenvalue weighted by Crippen LogP contribution is -2.63. The third kappa shape index (κ3) is 22.5. The Labute approximate surface area is 549 Å². The number of hydrogen-bond donors (Lipinski definition) is 5. The van der Waals surface area contributed by atoms with Gasteiger partial charge in [0.05, 0.1) is 42.9 Å². The van der Waals surface area contributed by atoms with Gasteiger partial charge >= 0.3 is 0 Å². The lowest BCUT2D eigenvalue weighted by molar-refractivity contribution is -0.384. The molecule has 4 heterocycles. The molecular weight excluding hydrogens is 1300 g/mol. The molecule has 0 saturated carbocycles. The molecule has 0 aromatic heterocycles. The summed E-state index contributed by atoms with van der Waals surface area (Å²) in [7, 11) is -11.8. The van der Waals surface area contributed by atoms with E-state index in [0.717, 1.165) is 70.9 Å². The van der Waals surface area contributed by atoms with Gasteiger partial charge in [-0.25, -0.2) is 0 Å². The molecule has 5 N–H and O–H groups in total. The number of aliphatic hydroxyl groups excluding tert-OH is 4. The quantitative estimate of drug-likeness (QED) is 0.0186. The Kier molecular flexibility index (Phi) is 26.3. The standard InChI is InChI=1S/C31H53ClO6Si4.C23H27ClO7.C10H11NO6S/c1-39(2,3)34-21-27-29(36-40(4,5)6)31(38-42(10,11)12)30(37-41(7,8)9)28(35-27)23-15-18-26(32)24(20-23)19-22-13-16-25(33)17-14-22;24-18-6-3-14(23-22(28)21(27)20(26)19(11-25)31-23)10-15(18)9-13-1-4-16(5-2-13)30-17-7-8-29-12-17;12-11(13)8-1-3-10(4-2-8)18(14,15)17-9-5-6-16-7-9/h13-18,20,27-31,33H,19,21H2,1-12H3;1-6,10,17,19-23,25-28H,7-9,11-12H2;1-4,9H,5-7H2/t27-,28+,29-,30+,31+;17-,19+,20+,21-,22+,23-;9-/m101/s1. The van der Waals surface area contributed by atoms with Crippen LogP contribution in [0.5, 0.6) is 11.5 Å². The molecule has 4 aliphatic rings. The van der Waals surface area contributed by atoms with E-state index in [2.05, 4.69) is 90.7 Å². The molecule has 0 amide bonds. The second-order valence-electron chi connectivity index (χ2n) is 27.1. The Balaban J connectivity index is 0.000000209. The Bertz CT molecular complexity index is 3250. The highest BCUT2D eigenvalue weighted by atomic mass is 35.5. The van der Waals surface area contributed by atoms with Crippen LogP contribution in [0.1, 0.15) is 58.4 Å². The maximum atomic E-state index is 11.8. The fraction of sp³-hybridized carbons (Fsp3) is 0.531. The third-order valence-electron chi connectivity index (χ3n) is 14.8. The minimum absolute atomic E-state index is 0.0931. The zero-order valence-corrected chi connectivity index (χ0v) is 60.3. The number of nitrogens with zero attached hydrogens (tertiary/aromatic N) is 1. The van der Waals surface area contributed by atoms with E-state index in [1.54, 1.807) is 24.3 Å². The van der Waals surface area contributed by atoms with Gasteiger partial charge < -0.3 is 66.9 Å². The van der Waals surface area contributed by atoms with Crippen molar-refractivity contribution in [1.29, 1.82) is 0 Å². The number of nitro benzene ring substituents is 1. The Morgan fingerprint density at radius 1 is 0.582 bits per heavy atom. The molecule has 0 unspecified atom stereocenters. The maximum Gasteiger partial charge on any atom is 0.297 e. The van der Waals surface area contributed by atoms with E-state index >= 15 is 0 Å². The van der Waals surface area contributed by atoms with Gasteiger partial charge in [-0.1, -0.05) is 71.7 Å². The Morgan fingerprint density at radius 3 is 1.55 bits per heavy atom. The normalized spacial score (nSPS) is 25.6. The number of ether oxygens (including phenoxy) is 5. The molecule has 4 aliphatic heterocycles. The van der Waals surface area contributed by atoms with Crippen LogP contribution in [0, 0.1) is 10.1 Å². The predicted molar refractivity (Wildman–Crippen MR) is 358 cm³/mol. The average Bonchev–Trinajstić information content (AvgIpc) is 1.72. The highest BCUT2D eigenvalue weighted by Gasteiger charge is 2.52. The SMILES string of the molecule is C[Si](C)(C)OC[C@H]1O[C@@H](c2ccc(Cl)c(Cc3ccc(O)cc3)c2)[C@H](O[Si](C)(C)C)[C@@H](O[Si](C)(C)C)[C@@H]1O[Si](C)(C)C.O=[N+]([O-])c1ccc(S(=O)(=O)O[C@@H]2CCOC2)cc1.OC[C@H]1O[C@@H](c2ccc(Cl)c(Cc3ccc(O[C@H]4CCOC4)cc3)c2)[C@H](O)[C@@H](O)[C@@H]1O. The first-order valence-corrected chi connectivity index (χ1v) is 46.4. The number of aromatic hydroxyl groups is 1. The van der Waals surface area contributed by atoms with Crippen LogP contribution in [0.3, 0.4) is 0 Å². The van der Waals surface area contributed by atoms with E-state index in [1.165, 1.54) is 0 Å². The van der Waals surface area contributed by atoms with E-state index in [0.29, 0.717) is 54.7 Å². The van der Waals surface area contributed by atoms with Crippen LogP contribution in [-0.4, -0.2) is 173 Å². The molecule has 27 heteroatoms. The summed E-state index contributed by atoms with van der Waals surface area (Å²) in [6, 6.07) is 31.0. The molecule has 5 aromatic carbocycles. The van der Waals surface area contributed by atoms with E-state index in [-0.39, 0.29) is 59.6 Å². The fourth-order valence-electron chi connectivity index (χ4n) is 10.6. The van der Waals surface area contributed by atoms with Gasteiger partial charge in [-0.15, -0.1) is 0 Å². The number of hydrogen-bond acceptors (Lipinski definition) is 19. The molecule has 12 atom stereocenters. The van der Waals surface area contributed by atoms with Crippen molar-refractivity contribution in [3.63, 3.8) is 0 Å². The molecule has 4 saturated heterocycles. The van der Waals surface area contributed by atoms with E-state index in [9.17, 15) is 44.1 Å². The van der Waals surface area contributed by atoms with Crippen LogP contribution >= 0.6 is 23.2 Å². The molecule has 0 spiro atoms. The van der Waals surface area contributed by atoms with Gasteiger partial charge in [-0.3, -0.25) is 14.3 Å². The monoisotopic (exact) mass is 1390 g/mol. The van der Waals surface area contributed by atoms with Crippen LogP contribution in [0.4, 0.5) is 5.69 Å². The zero-order chi connectivity index (χ0) is 66.8. The minimum atomic E-state index is -3.89. The van der Waals surface area contributed by atoms with Gasteiger partial charge in [0, 0.05) is 41.6 Å². The van der Waals surface area contributed by atoms with Crippen molar-refractivity contribution in [3.05, 3.63) is 163 Å². The molecule has 4 fully saturated rings. The smallest absolute Gasteiger partial charge is 0.297 e. The largest absolute Gasteiger partial charge is 0.508 e. The first-order chi connectivity index (χ1) is 42.5. The summed E-state index contributed by atoms with van der Waals surface area (Å²) in [6.45, 7) is 28.6. The molecule has 502 valence electrons. The van der Waals surface area contributed by atoms with Crippen molar-refractivity contribution in [2.24, 2.45) is 0 Å². The minimum Gasteiger partial charge on any atom is -0.508 e. The third-order valence-corrected chi connectivity index (χ3v) is 20.9. The molecule has 0 radical (unpaired) electrons. The molecule has 91 heavy (non-hydrogen) atoms. The Morgan fingerprint density at radius 2 is 1.07 bits per heavy atom. The first-order valence-electron chi connectivity index (χ1n) is 30.6. The van der Waals surface area contributed by atoms with Crippen LogP contribution in [0.15, 0.2) is 114 Å². The average molecular weight is 1390 g/mol. The van der Waals surface area contributed by atoms with E-state index in [1.807, 2.05) is 48.5 Å². The highest BCUT2D eigenvalue weighted by molar-refractivity contribution is 7.86. The number of aliphatic hydroxyl groups is 4. The number of rotatable bonds is 22. The summed E-state index contributed by atoms with van der Waals surface area (Å²) < 4.78 is 85.0. The van der Waals surface area contributed by atoms with Crippen LogP contribution in [-0.2, 0) is 63.8 Å². The number of benzene rings is 5. The summed E-state index contributed by atoms with van der Waals surface area (Å²) in [4.78, 5) is 9.76. The molecule has 0 aliphatic carbocycles. The van der Waals surface area contributed by atoms with Crippen molar-refractivity contribution in [1.82, 2.24) is 0 Å². The molecular formula is C64H91Cl2NO19SSi4. The topological polar surface area (TPSA) is 271 Å². The zero-order valence-electron chi connectivity index (χ0n) is 54.0. The van der Waals surface area contributed by atoms with Crippen LogP contribution < -0.4 is 4.74 Å². The summed E-state index contributed by atoms with van der Waals surface area (Å²) in [5, 5.41) is 61.4. The van der Waals surface area contributed by atoms with E-state index < -0.39 is 91.5 Å². The molecule has 5 aromatic rings. The van der Waals surface area contributed by atoms with Crippen molar-refractivity contribution in [3.8, 4) is 11.5 Å². The molecule has 20 nitrogen and oxygen atoms in total. The number of halogens is 2. The lowest BCUT2D eigenvalue weighted by atomic mass is 9.90. The number of phenols is 1. The summed E-state index contributed by atoms with van der Waals surface area (Å²) >= 11 is 13.1. The second-order valence-corrected chi connectivity index (χ2v) is 47.4. The van der Waals surface area contributed by atoms with Gasteiger partial charge in [0.1, 0.15) is 84.7 Å². The summed E-state index contributed by atoms with van der Waals surface area (Å²) in [6.07, 6.45) is -5.44. The number of phenolic OH excluding ortho intramolecular Hbond substituents is 1. The maximum absolute atomic E-state index is 11.8. The molecule has 9 rings (SSSR count). The van der Waals surface area contributed by atoms with Gasteiger partial charge in [0.25, 0.3) is 15.8 Å². The second kappa shape index (κ2) is 32.1. The summed E-state index contributed by atoms with van der Waals surface area (Å²) in [5.41, 5.74) is 5.36. The van der Waals surface area contributed by atoms with Gasteiger partial charge in [-0.2, -0.15) is 8.42 Å². The van der Waals surface area contributed by atoms with E-state index in [4.69, 9.17) is 68.8 Å². The number of non-ortho nitro benzene ring substituents is 1. The first kappa shape index (κ1) is 74.4. The Hall–Kier alpha value is -4.02. The number of nitro groups is 1. The fourth-order valence-corrected chi connectivity index (χ4v) is 16.0. The van der Waals surface area contributed by atoms with Crippen molar-refractivity contribution < 1.29 is 84.4 Å². The van der Waals surface area contributed by atoms with Crippen molar-refractivity contribution >= 4 is 72.3 Å². The predicted octanol–water partition coefficient (Wildman–Crippen LogP) is 11.3. The van der Waals surface area contributed by atoms with Crippen LogP contribution in [0.2, 0.25) is 88.6 Å². The lowest BCUT2D eigenvalue weighted by Gasteiger charge is -2.51. The van der Waals surface area contributed by atoms with Crippen molar-refractivity contribution in [2.45, 2.75) is 182 Å². The summed E-state index contributed by atoms with van der Waals surface area (Å²) in [5.74, 6) is 1.04. The molecule has 0 bridgehead atoms. The van der Waals surface area contributed by atoms with Gasteiger partial charge in [-0.05, 0) is 173 Å². The van der Waals surface area contributed by atoms with Crippen molar-refractivity contribution in [2.75, 3.05) is 39.6 Å².